The van der Waals surface area contributed by atoms with Gasteiger partial charge in [-0.15, -0.1) is 11.3 Å². The van der Waals surface area contributed by atoms with Crippen LogP contribution < -0.4 is 5.32 Å². The number of aryl methyl sites for hydroxylation is 1. The lowest BCUT2D eigenvalue weighted by atomic mass is 10.2. The van der Waals surface area contributed by atoms with E-state index >= 15 is 0 Å². The Morgan fingerprint density at radius 1 is 1.53 bits per heavy atom. The number of thiazole rings is 1. The second kappa shape index (κ2) is 6.16. The first kappa shape index (κ1) is 14.0. The Morgan fingerprint density at radius 2 is 2.32 bits per heavy atom. The van der Waals surface area contributed by atoms with Gasteiger partial charge in [-0.3, -0.25) is 0 Å². The highest BCUT2D eigenvalue weighted by atomic mass is 79.9. The molecule has 0 aliphatic rings. The number of nitrogens with zero attached hydrogens (tertiary/aromatic N) is 1. The highest BCUT2D eigenvalue weighted by Crippen LogP contribution is 2.28. The summed E-state index contributed by atoms with van der Waals surface area (Å²) in [6.45, 7) is 4.14. The van der Waals surface area contributed by atoms with Crippen LogP contribution in [0.5, 0.6) is 0 Å². The lowest BCUT2D eigenvalue weighted by Crippen LogP contribution is -2.05. The summed E-state index contributed by atoms with van der Waals surface area (Å²) < 4.78 is 5.85. The Kier molecular flexibility index (Phi) is 4.55. The second-order valence-electron chi connectivity index (χ2n) is 3.87. The summed E-state index contributed by atoms with van der Waals surface area (Å²) in [7, 11) is 0. The molecule has 0 aliphatic heterocycles. The lowest BCUT2D eigenvalue weighted by Gasteiger charge is -2.06. The molecule has 6 heteroatoms. The van der Waals surface area contributed by atoms with Crippen molar-refractivity contribution in [2.75, 3.05) is 11.9 Å². The van der Waals surface area contributed by atoms with Gasteiger partial charge in [0.05, 0.1) is 12.3 Å². The third kappa shape index (κ3) is 3.54. The zero-order valence-electron chi connectivity index (χ0n) is 10.6. The molecule has 1 heterocycles. The molecule has 0 unspecified atom stereocenters. The highest BCUT2D eigenvalue weighted by Gasteiger charge is 2.12. The molecule has 100 valence electrons. The van der Waals surface area contributed by atoms with Crippen LogP contribution in [0, 0.1) is 6.92 Å². The van der Waals surface area contributed by atoms with Gasteiger partial charge in [-0.1, -0.05) is 6.07 Å². The topological polar surface area (TPSA) is 51.2 Å². The van der Waals surface area contributed by atoms with Crippen LogP contribution in [-0.2, 0) is 4.74 Å². The molecule has 0 bridgehead atoms. The maximum absolute atomic E-state index is 11.5. The molecule has 0 saturated carbocycles. The summed E-state index contributed by atoms with van der Waals surface area (Å²) in [6.07, 6.45) is 0. The van der Waals surface area contributed by atoms with Crippen LogP contribution in [0.25, 0.3) is 0 Å². The maximum Gasteiger partial charge on any atom is 0.357 e. The third-order valence-corrected chi connectivity index (χ3v) is 3.80. The van der Waals surface area contributed by atoms with Crippen molar-refractivity contribution in [1.29, 1.82) is 0 Å². The molecule has 0 fully saturated rings. The Hall–Kier alpha value is -1.40. The van der Waals surface area contributed by atoms with Crippen LogP contribution in [0.1, 0.15) is 23.0 Å². The lowest BCUT2D eigenvalue weighted by molar-refractivity contribution is 0.0520. The van der Waals surface area contributed by atoms with E-state index in [0.717, 1.165) is 15.7 Å². The number of hydrogen-bond acceptors (Lipinski definition) is 5. The van der Waals surface area contributed by atoms with E-state index in [2.05, 4.69) is 26.2 Å². The molecular formula is C13H13BrN2O2S. The van der Waals surface area contributed by atoms with Crippen molar-refractivity contribution < 1.29 is 9.53 Å². The number of ether oxygens (including phenoxy) is 1. The fourth-order valence-corrected chi connectivity index (χ4v) is 2.52. The number of anilines is 2. The summed E-state index contributed by atoms with van der Waals surface area (Å²) in [4.78, 5) is 15.7. The van der Waals surface area contributed by atoms with Crippen molar-refractivity contribution >= 4 is 44.1 Å². The van der Waals surface area contributed by atoms with E-state index in [9.17, 15) is 4.79 Å². The molecule has 0 radical (unpaired) electrons. The number of rotatable bonds is 4. The molecule has 2 rings (SSSR count). The molecule has 0 atom stereocenters. The van der Waals surface area contributed by atoms with Crippen LogP contribution in [0.3, 0.4) is 0 Å². The van der Waals surface area contributed by atoms with Gasteiger partial charge in [0.25, 0.3) is 0 Å². The molecule has 19 heavy (non-hydrogen) atoms. The summed E-state index contributed by atoms with van der Waals surface area (Å²) in [5.74, 6) is -0.393. The van der Waals surface area contributed by atoms with E-state index < -0.39 is 5.97 Å². The monoisotopic (exact) mass is 340 g/mol. The van der Waals surface area contributed by atoms with Gasteiger partial charge in [0.2, 0.25) is 0 Å². The predicted octanol–water partition coefficient (Wildman–Crippen LogP) is 4.13. The molecule has 0 saturated heterocycles. The van der Waals surface area contributed by atoms with Crippen molar-refractivity contribution in [3.8, 4) is 0 Å². The van der Waals surface area contributed by atoms with Crippen LogP contribution in [0.2, 0.25) is 0 Å². The third-order valence-electron chi connectivity index (χ3n) is 2.35. The molecule has 0 amide bonds. The average molecular weight is 341 g/mol. The molecule has 1 aromatic carbocycles. The molecular weight excluding hydrogens is 328 g/mol. The van der Waals surface area contributed by atoms with E-state index in [0.29, 0.717) is 17.4 Å². The largest absolute Gasteiger partial charge is 0.461 e. The quantitative estimate of drug-likeness (QED) is 0.850. The molecule has 2 aromatic rings. The average Bonchev–Trinajstić information content (AvgIpc) is 2.83. The number of hydrogen-bond donors (Lipinski definition) is 1. The molecule has 1 N–H and O–H groups in total. The minimum atomic E-state index is -0.393. The zero-order valence-corrected chi connectivity index (χ0v) is 13.0. The minimum absolute atomic E-state index is 0.332. The first-order chi connectivity index (χ1) is 9.10. The van der Waals surface area contributed by atoms with Crippen LogP contribution >= 0.6 is 27.3 Å². The number of halogens is 1. The van der Waals surface area contributed by atoms with Gasteiger partial charge in [0.1, 0.15) is 0 Å². The summed E-state index contributed by atoms with van der Waals surface area (Å²) in [5, 5.41) is 5.53. The number of carbonyl (C=O) groups is 1. The van der Waals surface area contributed by atoms with E-state index in [1.807, 2.05) is 25.1 Å². The zero-order chi connectivity index (χ0) is 13.8. The molecule has 0 spiro atoms. The fraction of sp³-hybridized carbons (Fsp3) is 0.231. The maximum atomic E-state index is 11.5. The number of nitrogens with one attached hydrogen (secondary N) is 1. The van der Waals surface area contributed by atoms with Crippen LogP contribution in [0.4, 0.5) is 10.8 Å². The first-order valence-corrected chi connectivity index (χ1v) is 7.43. The van der Waals surface area contributed by atoms with Crippen LogP contribution in [-0.4, -0.2) is 17.6 Å². The summed E-state index contributed by atoms with van der Waals surface area (Å²) in [5.41, 5.74) is 2.40. The minimum Gasteiger partial charge on any atom is -0.461 e. The molecule has 4 nitrogen and oxygen atoms in total. The van der Waals surface area contributed by atoms with Crippen molar-refractivity contribution in [3.63, 3.8) is 0 Å². The van der Waals surface area contributed by atoms with Crippen molar-refractivity contribution in [3.05, 3.63) is 39.3 Å². The number of benzene rings is 1. The standard InChI is InChI=1S/C13H13BrN2O2S/c1-3-18-12(17)11-7-19-13(16-11)15-10-6-8(2)4-5-9(10)14/h4-7H,3H2,1-2H3,(H,15,16). The van der Waals surface area contributed by atoms with Gasteiger partial charge >= 0.3 is 5.97 Å². The SMILES string of the molecule is CCOC(=O)c1csc(Nc2cc(C)ccc2Br)n1. The molecule has 1 aromatic heterocycles. The Labute approximate surface area is 124 Å². The smallest absolute Gasteiger partial charge is 0.357 e. The van der Waals surface area contributed by atoms with Gasteiger partial charge in [-0.2, -0.15) is 0 Å². The number of aromatic nitrogens is 1. The number of carbonyl (C=O) groups excluding carboxylic acids is 1. The van der Waals surface area contributed by atoms with Crippen molar-refractivity contribution in [2.24, 2.45) is 0 Å². The Morgan fingerprint density at radius 3 is 3.05 bits per heavy atom. The van der Waals surface area contributed by atoms with Crippen LogP contribution in [0.15, 0.2) is 28.1 Å². The van der Waals surface area contributed by atoms with Gasteiger partial charge in [0.15, 0.2) is 10.8 Å². The predicted molar refractivity (Wildman–Crippen MR) is 80.2 cm³/mol. The Bertz CT molecular complexity index is 598. The van der Waals surface area contributed by atoms with Gasteiger partial charge in [0, 0.05) is 9.85 Å². The summed E-state index contributed by atoms with van der Waals surface area (Å²) in [6, 6.07) is 5.99. The fourth-order valence-electron chi connectivity index (χ4n) is 1.48. The number of esters is 1. The van der Waals surface area contributed by atoms with E-state index in [1.165, 1.54) is 11.3 Å². The van der Waals surface area contributed by atoms with Gasteiger partial charge < -0.3 is 10.1 Å². The van der Waals surface area contributed by atoms with E-state index in [1.54, 1.807) is 12.3 Å². The molecule has 0 aliphatic carbocycles. The highest BCUT2D eigenvalue weighted by molar-refractivity contribution is 9.10. The van der Waals surface area contributed by atoms with Crippen molar-refractivity contribution in [1.82, 2.24) is 4.98 Å². The normalized spacial score (nSPS) is 10.3. The Balaban J connectivity index is 2.15. The van der Waals surface area contributed by atoms with Gasteiger partial charge in [-0.25, -0.2) is 9.78 Å². The van der Waals surface area contributed by atoms with Gasteiger partial charge in [-0.05, 0) is 47.5 Å². The van der Waals surface area contributed by atoms with E-state index in [4.69, 9.17) is 4.74 Å². The van der Waals surface area contributed by atoms with Crippen molar-refractivity contribution in [2.45, 2.75) is 13.8 Å². The second-order valence-corrected chi connectivity index (χ2v) is 5.58. The summed E-state index contributed by atoms with van der Waals surface area (Å²) >= 11 is 4.84. The van der Waals surface area contributed by atoms with E-state index in [-0.39, 0.29) is 0 Å². The first-order valence-electron chi connectivity index (χ1n) is 5.76.